The van der Waals surface area contributed by atoms with E-state index < -0.39 is 48.9 Å². The first-order valence-electron chi connectivity index (χ1n) is 12.3. The maximum atomic E-state index is 15.2. The minimum Gasteiger partial charge on any atom is -0.318 e. The molecule has 210 valence electrons. The molecule has 1 N–H and O–H groups in total. The topological polar surface area (TPSA) is 102 Å². The maximum absolute atomic E-state index is 15.2. The zero-order valence-corrected chi connectivity index (χ0v) is 24.3. The van der Waals surface area contributed by atoms with E-state index in [0.29, 0.717) is 11.1 Å². The van der Waals surface area contributed by atoms with Gasteiger partial charge >= 0.3 is 0 Å². The minimum absolute atomic E-state index is 0.0900. The normalized spacial score (nSPS) is 13.6. The zero-order valence-electron chi connectivity index (χ0n) is 22.7. The van der Waals surface area contributed by atoms with Crippen LogP contribution in [0.25, 0.3) is 11.1 Å². The molecule has 0 aliphatic carbocycles. The van der Waals surface area contributed by atoms with E-state index in [1.807, 2.05) is 20.8 Å². The van der Waals surface area contributed by atoms with Crippen molar-refractivity contribution in [2.24, 2.45) is 7.05 Å². The molecule has 0 spiro atoms. The van der Waals surface area contributed by atoms with Gasteiger partial charge in [0, 0.05) is 57.3 Å². The molecular weight excluding hydrogens is 546 g/mol. The number of pyridine rings is 1. The summed E-state index contributed by atoms with van der Waals surface area (Å²) in [5.74, 6) is -2.67. The van der Waals surface area contributed by atoms with Crippen LogP contribution < -0.4 is 10.3 Å². The number of halogens is 2. The Morgan fingerprint density at radius 2 is 1.69 bits per heavy atom. The molecule has 0 saturated carbocycles. The quantitative estimate of drug-likeness (QED) is 0.361. The molecule has 1 heterocycles. The number of anilines is 1. The van der Waals surface area contributed by atoms with Crippen molar-refractivity contribution in [1.82, 2.24) is 4.57 Å². The highest BCUT2D eigenvalue weighted by Crippen LogP contribution is 2.36. The van der Waals surface area contributed by atoms with Crippen LogP contribution in [0, 0.1) is 11.6 Å². The van der Waals surface area contributed by atoms with Gasteiger partial charge in [0.25, 0.3) is 5.56 Å². The van der Waals surface area contributed by atoms with E-state index in [0.717, 1.165) is 18.2 Å². The summed E-state index contributed by atoms with van der Waals surface area (Å²) >= 11 is 0. The number of hydrogen-bond acceptors (Lipinski definition) is 5. The Bertz CT molecular complexity index is 1590. The molecule has 0 fully saturated rings. The van der Waals surface area contributed by atoms with Gasteiger partial charge in [-0.1, -0.05) is 6.92 Å². The van der Waals surface area contributed by atoms with Gasteiger partial charge in [0.1, 0.15) is 11.6 Å². The predicted molar refractivity (Wildman–Crippen MR) is 151 cm³/mol. The number of benzene rings is 2. The largest absolute Gasteiger partial charge is 0.318 e. The number of nitrogens with one attached hydrogen (secondary N) is 1. The van der Waals surface area contributed by atoms with Crippen molar-refractivity contribution in [2.75, 3.05) is 16.2 Å². The number of rotatable bonds is 9. The number of aromatic nitrogens is 1. The predicted octanol–water partition coefficient (Wildman–Crippen LogP) is 4.97. The molecule has 0 aliphatic heterocycles. The van der Waals surface area contributed by atoms with Crippen LogP contribution in [0.1, 0.15) is 62.0 Å². The number of carbonyl (C=O) groups excluding carboxylic acids is 1. The molecule has 2 aromatic carbocycles. The molecule has 39 heavy (non-hydrogen) atoms. The van der Waals surface area contributed by atoms with Crippen LogP contribution in [0.2, 0.25) is 0 Å². The Hall–Kier alpha value is -3.18. The lowest BCUT2D eigenvalue weighted by molar-refractivity contribution is 0.103. The fraction of sp³-hybridized carbons (Fsp3) is 0.357. The fourth-order valence-corrected chi connectivity index (χ4v) is 5.67. The van der Waals surface area contributed by atoms with Crippen molar-refractivity contribution in [1.29, 1.82) is 0 Å². The van der Waals surface area contributed by atoms with Crippen LogP contribution in [0.4, 0.5) is 14.5 Å². The summed E-state index contributed by atoms with van der Waals surface area (Å²) in [4.78, 5) is 26.2. The van der Waals surface area contributed by atoms with E-state index in [1.165, 1.54) is 49.0 Å². The molecule has 3 rings (SSSR count). The van der Waals surface area contributed by atoms with Gasteiger partial charge in [-0.15, -0.1) is 0 Å². The number of hydrogen-bond donors (Lipinski definition) is 1. The lowest BCUT2D eigenvalue weighted by Gasteiger charge is -2.23. The SMILES string of the molecule is CCS(=O)(=O)Nc1cc(-c2cn(C)c(=O)cc2[C@H](C)C[S@@](=O)C(C)(C)C)c(C(=O)c2ccc(F)cc2)cc1F. The van der Waals surface area contributed by atoms with Crippen LogP contribution in [-0.2, 0) is 27.9 Å². The van der Waals surface area contributed by atoms with E-state index in [-0.39, 0.29) is 39.4 Å². The average molecular weight is 579 g/mol. The number of ketones is 1. The molecular formula is C28H32F2N2O5S2. The Morgan fingerprint density at radius 3 is 2.26 bits per heavy atom. The van der Waals surface area contributed by atoms with Crippen LogP contribution >= 0.6 is 0 Å². The first kappa shape index (κ1) is 30.4. The molecule has 11 heteroatoms. The van der Waals surface area contributed by atoms with Gasteiger partial charge in [-0.2, -0.15) is 0 Å². The number of aryl methyl sites for hydroxylation is 1. The molecule has 0 saturated heterocycles. The second-order valence-corrected chi connectivity index (χ2v) is 14.6. The summed E-state index contributed by atoms with van der Waals surface area (Å²) in [6.45, 7) is 8.72. The molecule has 0 aliphatic rings. The Kier molecular flexibility index (Phi) is 8.96. The summed E-state index contributed by atoms with van der Waals surface area (Å²) in [6, 6.07) is 8.28. The maximum Gasteiger partial charge on any atom is 0.250 e. The molecule has 0 unspecified atom stereocenters. The highest BCUT2D eigenvalue weighted by Gasteiger charge is 2.27. The van der Waals surface area contributed by atoms with Crippen molar-refractivity contribution in [3.05, 3.63) is 87.3 Å². The third-order valence-electron chi connectivity index (χ3n) is 6.27. The third kappa shape index (κ3) is 7.07. The van der Waals surface area contributed by atoms with Gasteiger partial charge < -0.3 is 4.57 Å². The van der Waals surface area contributed by atoms with Crippen LogP contribution in [0.5, 0.6) is 0 Å². The van der Waals surface area contributed by atoms with Gasteiger partial charge in [0.15, 0.2) is 5.78 Å². The number of sulfonamides is 1. The third-order valence-corrected chi connectivity index (χ3v) is 9.73. The zero-order chi connectivity index (χ0) is 29.3. The summed E-state index contributed by atoms with van der Waals surface area (Å²) in [5.41, 5.74) is 0.279. The van der Waals surface area contributed by atoms with Gasteiger partial charge in [-0.05, 0) is 81.1 Å². The minimum atomic E-state index is -3.87. The van der Waals surface area contributed by atoms with Gasteiger partial charge in [-0.3, -0.25) is 18.5 Å². The Balaban J connectivity index is 2.32. The van der Waals surface area contributed by atoms with E-state index in [2.05, 4.69) is 4.72 Å². The van der Waals surface area contributed by atoms with Crippen LogP contribution in [0.3, 0.4) is 0 Å². The fourth-order valence-electron chi connectivity index (χ4n) is 3.90. The second-order valence-electron chi connectivity index (χ2n) is 10.3. The van der Waals surface area contributed by atoms with Crippen LogP contribution in [0.15, 0.2) is 53.5 Å². The average Bonchev–Trinajstić information content (AvgIpc) is 2.85. The van der Waals surface area contributed by atoms with Crippen molar-refractivity contribution in [3.8, 4) is 11.1 Å². The summed E-state index contributed by atoms with van der Waals surface area (Å²) in [7, 11) is -3.63. The van der Waals surface area contributed by atoms with E-state index >= 15 is 4.39 Å². The summed E-state index contributed by atoms with van der Waals surface area (Å²) in [6.07, 6.45) is 1.49. The molecule has 1 aromatic heterocycles. The van der Waals surface area contributed by atoms with Gasteiger partial charge in [-0.25, -0.2) is 17.2 Å². The first-order valence-corrected chi connectivity index (χ1v) is 15.2. The second kappa shape index (κ2) is 11.5. The molecule has 2 atom stereocenters. The smallest absolute Gasteiger partial charge is 0.250 e. The van der Waals surface area contributed by atoms with Crippen molar-refractivity contribution >= 4 is 32.3 Å². The van der Waals surface area contributed by atoms with E-state index in [4.69, 9.17) is 0 Å². The van der Waals surface area contributed by atoms with Crippen molar-refractivity contribution in [2.45, 2.75) is 45.3 Å². The Morgan fingerprint density at radius 1 is 1.08 bits per heavy atom. The number of carbonyl (C=O) groups is 1. The number of nitrogens with zero attached hydrogens (tertiary/aromatic N) is 1. The van der Waals surface area contributed by atoms with Gasteiger partial charge in [0.2, 0.25) is 10.0 Å². The van der Waals surface area contributed by atoms with E-state index in [9.17, 15) is 26.6 Å². The standard InChI is InChI=1S/C28H32F2N2O5S2/c1-7-39(36,37)31-25-13-21(22(12-24(25)30)27(34)18-8-10-19(29)11-9-18)23-15-32(6)26(33)14-20(23)17(2)16-38(35)28(3,4)5/h8-15,17,31H,7,16H2,1-6H3/t17-,38-/m1/s1. The van der Waals surface area contributed by atoms with Crippen molar-refractivity contribution in [3.63, 3.8) is 0 Å². The van der Waals surface area contributed by atoms with Crippen LogP contribution in [-0.4, -0.2) is 39.2 Å². The molecule has 7 nitrogen and oxygen atoms in total. The lowest BCUT2D eigenvalue weighted by atomic mass is 9.88. The Labute approximate surface area is 229 Å². The first-order chi connectivity index (χ1) is 18.0. The van der Waals surface area contributed by atoms with E-state index in [1.54, 1.807) is 6.92 Å². The lowest BCUT2D eigenvalue weighted by Crippen LogP contribution is -2.27. The van der Waals surface area contributed by atoms with Gasteiger partial charge in [0.05, 0.1) is 11.4 Å². The monoisotopic (exact) mass is 578 g/mol. The molecule has 0 amide bonds. The van der Waals surface area contributed by atoms with Crippen molar-refractivity contribution < 1.29 is 26.2 Å². The summed E-state index contributed by atoms with van der Waals surface area (Å²) in [5, 5.41) is 0. The highest BCUT2D eigenvalue weighted by atomic mass is 32.2. The molecule has 0 radical (unpaired) electrons. The summed E-state index contributed by atoms with van der Waals surface area (Å²) < 4.78 is 69.2. The molecule has 0 bridgehead atoms. The highest BCUT2D eigenvalue weighted by molar-refractivity contribution is 7.92. The molecule has 3 aromatic rings.